The van der Waals surface area contributed by atoms with Crippen molar-refractivity contribution in [2.45, 2.75) is 349 Å². The van der Waals surface area contributed by atoms with Crippen LogP contribution in [0.15, 0.2) is 0 Å². The summed E-state index contributed by atoms with van der Waals surface area (Å²) in [6.07, 6.45) is -16.0. The second-order valence-corrected chi connectivity index (χ2v) is 33.1. The Balaban J connectivity index is 0.814. The van der Waals surface area contributed by atoms with Gasteiger partial charge in [-0.15, -0.1) is 0 Å². The Kier molecular flexibility index (Phi) is 37.5. The van der Waals surface area contributed by atoms with Crippen molar-refractivity contribution in [3.8, 4) is 0 Å². The maximum Gasteiger partial charge on any atom is 0.251 e. The normalized spacial score (nSPS) is 37.5. The summed E-state index contributed by atoms with van der Waals surface area (Å²) in [5.41, 5.74) is 0. The molecule has 4 aliphatic carbocycles. The van der Waals surface area contributed by atoms with Crippen LogP contribution in [0.1, 0.15) is 196 Å². The van der Waals surface area contributed by atoms with Crippen LogP contribution in [0.3, 0.4) is 0 Å². The minimum atomic E-state index is -1.70. The molecule has 33 heteroatoms. The summed E-state index contributed by atoms with van der Waals surface area (Å²) in [4.78, 5) is 98.2. The van der Waals surface area contributed by atoms with Crippen molar-refractivity contribution in [1.82, 2.24) is 31.1 Å². The van der Waals surface area contributed by atoms with Gasteiger partial charge >= 0.3 is 0 Å². The molecule has 644 valence electrons. The number of ketones is 1. The zero-order valence-corrected chi connectivity index (χ0v) is 67.7. The van der Waals surface area contributed by atoms with Crippen molar-refractivity contribution < 1.29 is 132 Å². The number of aliphatic hydroxyl groups excluding tert-OH is 9. The number of likely N-dealkylation sites (N-methyl/N-ethyl adjacent to an activating group) is 2. The van der Waals surface area contributed by atoms with Gasteiger partial charge in [0.2, 0.25) is 23.6 Å². The maximum atomic E-state index is 14.3. The minimum absolute atomic E-state index is 0.00569. The van der Waals surface area contributed by atoms with E-state index in [1.54, 1.807) is 35.1 Å². The van der Waals surface area contributed by atoms with E-state index in [0.29, 0.717) is 38.5 Å². The van der Waals surface area contributed by atoms with Gasteiger partial charge in [-0.2, -0.15) is 0 Å². The predicted molar refractivity (Wildman–Crippen MR) is 401 cm³/mol. The molecule has 0 spiro atoms. The summed E-state index contributed by atoms with van der Waals surface area (Å²) in [6, 6.07) is -1.28. The smallest absolute Gasteiger partial charge is 0.251 e. The molecule has 4 aliphatic heterocycles. The molecule has 0 bridgehead atoms. The first-order valence-electron chi connectivity index (χ1n) is 41.6. The molecular weight excluding hydrogens is 1460 g/mol. The molecule has 6 amide bonds. The fraction of sp³-hybridized carbons (Fsp3) is 0.911. The highest BCUT2D eigenvalue weighted by atomic mass is 16.7. The van der Waals surface area contributed by atoms with E-state index in [0.717, 1.165) is 64.2 Å². The molecule has 0 radical (unpaired) electrons. The summed E-state index contributed by atoms with van der Waals surface area (Å²) in [5, 5.41) is 111. The number of rotatable bonds is 38. The van der Waals surface area contributed by atoms with Gasteiger partial charge in [0.1, 0.15) is 85.1 Å². The van der Waals surface area contributed by atoms with Crippen LogP contribution < -0.4 is 21.3 Å². The molecule has 8 rings (SSSR count). The number of Topliss-reactive ketones (excluding diaryl/α,β-unsaturated/α-hetero) is 1. The van der Waals surface area contributed by atoms with Crippen LogP contribution >= 0.6 is 0 Å². The van der Waals surface area contributed by atoms with E-state index in [1.807, 2.05) is 27.7 Å². The second-order valence-electron chi connectivity index (χ2n) is 33.1. The van der Waals surface area contributed by atoms with E-state index in [-0.39, 0.29) is 131 Å². The van der Waals surface area contributed by atoms with Crippen molar-refractivity contribution in [3.05, 3.63) is 0 Å². The molecule has 8 aliphatic rings. The Morgan fingerprint density at radius 1 is 0.473 bits per heavy atom. The SMILES string of the molecule is CC[C@H]1C[C@@H](C(=O)NCCNC(=O)CCOCCC(=O)NCCCC(=O)[C@@H]2C[C@H](CC)[C@@H](O[C@@H]3O[C@@H](C)[C@@H](O)[C@@H](O)[C@@H]3O)[C@H](O[C@@H]3O[C@H](CO)[C@H](O)[C@H](O[C@@H](CC4CCCCC4)C(=O)N(C)C)[C@H]3NC(C)=O)C2)C[C@@H](O[C@@H]2O[C@H](CC)[C@H](O)[C@H](O[C@@H](CC3CCCCC3)C(=O)N(C)C)[C@H]2C)[C@@H]1O[C@@H]1O[C@@H](C)[C@@H](O)[C@@H](O)[C@@H]1O. The van der Waals surface area contributed by atoms with Gasteiger partial charge in [-0.1, -0.05) is 105 Å². The van der Waals surface area contributed by atoms with Gasteiger partial charge in [-0.3, -0.25) is 33.6 Å². The van der Waals surface area contributed by atoms with Crippen LogP contribution in [0.5, 0.6) is 0 Å². The number of carbonyl (C=O) groups is 7. The van der Waals surface area contributed by atoms with Crippen LogP contribution in [-0.2, 0) is 85.7 Å². The number of amides is 6. The van der Waals surface area contributed by atoms with Gasteiger partial charge in [0, 0.05) is 91.8 Å². The van der Waals surface area contributed by atoms with Crippen LogP contribution in [0.25, 0.3) is 0 Å². The third kappa shape index (κ3) is 25.4. The minimum Gasteiger partial charge on any atom is -0.394 e. The van der Waals surface area contributed by atoms with E-state index in [4.69, 9.17) is 52.1 Å². The number of aliphatic hydroxyl groups is 9. The summed E-state index contributed by atoms with van der Waals surface area (Å²) < 4.78 is 70.4. The van der Waals surface area contributed by atoms with E-state index in [1.165, 1.54) is 23.6 Å². The topological polar surface area (TPSA) is 458 Å². The molecule has 13 N–H and O–H groups in total. The van der Waals surface area contributed by atoms with Gasteiger partial charge in [0.05, 0.1) is 68.7 Å². The number of hydrogen-bond donors (Lipinski definition) is 13. The van der Waals surface area contributed by atoms with Crippen molar-refractivity contribution in [1.29, 1.82) is 0 Å². The Morgan fingerprint density at radius 3 is 1.41 bits per heavy atom. The van der Waals surface area contributed by atoms with Crippen LogP contribution in [-0.4, -0.2) is 318 Å². The fourth-order valence-electron chi connectivity index (χ4n) is 17.6. The molecule has 33 nitrogen and oxygen atoms in total. The first kappa shape index (κ1) is 93.2. The molecule has 4 saturated carbocycles. The Labute approximate surface area is 659 Å². The number of nitrogens with zero attached hydrogens (tertiary/aromatic N) is 2. The first-order chi connectivity index (χ1) is 53.4. The molecule has 0 aromatic heterocycles. The third-order valence-electron chi connectivity index (χ3n) is 24.4. The molecule has 30 atom stereocenters. The highest BCUT2D eigenvalue weighted by Gasteiger charge is 2.55. The average molecular weight is 1600 g/mol. The van der Waals surface area contributed by atoms with Crippen molar-refractivity contribution in [2.24, 2.45) is 41.4 Å². The average Bonchev–Trinajstić information content (AvgIpc) is 0.776. The molecule has 0 aromatic carbocycles. The second kappa shape index (κ2) is 45.0. The van der Waals surface area contributed by atoms with E-state index in [9.17, 15) is 79.5 Å². The lowest BCUT2D eigenvalue weighted by Crippen LogP contribution is -2.67. The third-order valence-corrected chi connectivity index (χ3v) is 24.4. The maximum absolute atomic E-state index is 14.3. The summed E-state index contributed by atoms with van der Waals surface area (Å²) in [6.45, 7) is 11.4. The zero-order chi connectivity index (χ0) is 81.8. The van der Waals surface area contributed by atoms with Crippen molar-refractivity contribution in [2.75, 3.05) is 67.6 Å². The predicted octanol–water partition coefficient (Wildman–Crippen LogP) is 0.889. The standard InChI is InChI=1S/C79H136N6O27/c1-12-47-36-49(38-53(70(47)111-78-67(97)65(95)61(91)42(5)103-78)109-77-60(83-44(7)87)72(64(94)57(40-86)110-77)106-56(75(101)85(10)11)35-46-24-19-16-20-25-46)51(88)26-21-29-80-58(89)27-32-102-33-28-59(90)81-30-31-82-73(99)50-37-48(13-2)71(112-79-68(98)66(96)62(92)43(6)104-79)54(39-50)108-76-41(4)69(63(93)52(14-3)107-76)105-55(74(100)84(8)9)34-45-22-17-15-18-23-45/h41-43,45-50,52-57,60-72,76-79,86,91-98H,12-40H2,1-11H3,(H,80,89)(H,81,90)(H,82,99)(H,83,87)/t41-,42+,43+,47+,48+,49-,50-,52-,53-,54-,55+,56+,57-,60-,61-,62-,63+,64+,65-,66-,67+,68+,69-,70-,71-,72-,76+,77-,78+,79+/m1/s1. The molecule has 112 heavy (non-hydrogen) atoms. The van der Waals surface area contributed by atoms with Gasteiger partial charge < -0.3 is 129 Å². The Bertz CT molecular complexity index is 2920. The van der Waals surface area contributed by atoms with Crippen molar-refractivity contribution in [3.63, 3.8) is 0 Å². The lowest BCUT2D eigenvalue weighted by molar-refractivity contribution is -0.342. The molecule has 0 unspecified atom stereocenters. The highest BCUT2D eigenvalue weighted by Crippen LogP contribution is 2.44. The van der Waals surface area contributed by atoms with Gasteiger partial charge in [-0.25, -0.2) is 0 Å². The fourth-order valence-corrected chi connectivity index (χ4v) is 17.6. The molecule has 4 saturated heterocycles. The van der Waals surface area contributed by atoms with Crippen LogP contribution in [0.2, 0.25) is 0 Å². The highest BCUT2D eigenvalue weighted by molar-refractivity contribution is 5.82. The van der Waals surface area contributed by atoms with E-state index >= 15 is 0 Å². The number of ether oxygens (including phenoxy) is 11. The Hall–Kier alpha value is -4.31. The van der Waals surface area contributed by atoms with Gasteiger partial charge in [0.25, 0.3) is 11.8 Å². The number of carbonyl (C=O) groups excluding carboxylic acids is 7. The van der Waals surface area contributed by atoms with Crippen LogP contribution in [0.4, 0.5) is 0 Å². The van der Waals surface area contributed by atoms with Gasteiger partial charge in [0.15, 0.2) is 25.2 Å². The lowest BCUT2D eigenvalue weighted by Gasteiger charge is -2.49. The largest absolute Gasteiger partial charge is 0.394 e. The quantitative estimate of drug-likeness (QED) is 0.0382. The Morgan fingerprint density at radius 2 is 0.929 bits per heavy atom. The van der Waals surface area contributed by atoms with E-state index in [2.05, 4.69) is 21.3 Å². The summed E-state index contributed by atoms with van der Waals surface area (Å²) in [7, 11) is 6.56. The number of hydrogen-bond acceptors (Lipinski definition) is 27. The van der Waals surface area contributed by atoms with Crippen LogP contribution in [0, 0.1) is 41.4 Å². The summed E-state index contributed by atoms with van der Waals surface area (Å²) >= 11 is 0. The lowest BCUT2D eigenvalue weighted by atomic mass is 9.74. The molecule has 8 fully saturated rings. The zero-order valence-electron chi connectivity index (χ0n) is 67.7. The monoisotopic (exact) mass is 1600 g/mol. The molecular formula is C79H136N6O27. The molecule has 4 heterocycles. The van der Waals surface area contributed by atoms with Crippen molar-refractivity contribution >= 4 is 41.2 Å². The molecule has 0 aromatic rings. The number of nitrogens with one attached hydrogen (secondary N) is 4. The summed E-state index contributed by atoms with van der Waals surface area (Å²) in [5.74, 6) is -4.60. The van der Waals surface area contributed by atoms with E-state index < -0.39 is 189 Å². The van der Waals surface area contributed by atoms with Gasteiger partial charge in [-0.05, 0) is 88.9 Å². The first-order valence-corrected chi connectivity index (χ1v) is 41.6.